The van der Waals surface area contributed by atoms with Gasteiger partial charge in [-0.05, 0) is 12.8 Å². The van der Waals surface area contributed by atoms with E-state index in [1.54, 1.807) is 0 Å². The molecule has 1 nitrogen and oxygen atoms in total. The summed E-state index contributed by atoms with van der Waals surface area (Å²) in [7, 11) is 4.73. The maximum absolute atomic E-state index is 4.64. The standard InChI is InChI=1S/C22H40N.CH3Cl/c1-4-5-6-7-8-9-10-11-12-13-17-20-23(2,3)21-22-18-15-14-16-19-22;1-2/h14-16,18-19H,4-13,17,20-21H2,1-3H3;1H3/q+1;. The molecule has 0 aliphatic carbocycles. The lowest BCUT2D eigenvalue weighted by Crippen LogP contribution is -2.39. The highest BCUT2D eigenvalue weighted by Crippen LogP contribution is 2.14. The molecule has 0 atom stereocenters. The van der Waals surface area contributed by atoms with E-state index >= 15 is 0 Å². The SMILES string of the molecule is CCCCCCCCCCCCC[N+](C)(C)Cc1ccccc1.CCl. The van der Waals surface area contributed by atoms with E-state index in [2.05, 4.69) is 63.0 Å². The summed E-state index contributed by atoms with van der Waals surface area (Å²) in [5.41, 5.74) is 1.46. The Morgan fingerprint density at radius 1 is 0.680 bits per heavy atom. The van der Waals surface area contributed by atoms with Gasteiger partial charge in [-0.25, -0.2) is 0 Å². The first-order valence-electron chi connectivity index (χ1n) is 10.4. The first-order chi connectivity index (χ1) is 12.1. The Hall–Kier alpha value is -0.530. The third kappa shape index (κ3) is 15.4. The average Bonchev–Trinajstić information content (AvgIpc) is 2.62. The Balaban J connectivity index is 0.00000277. The van der Waals surface area contributed by atoms with Crippen molar-refractivity contribution in [3.8, 4) is 0 Å². The Kier molecular flexibility index (Phi) is 16.6. The number of benzene rings is 1. The number of quaternary nitrogens is 1. The van der Waals surface area contributed by atoms with Gasteiger partial charge in [0.25, 0.3) is 0 Å². The molecule has 0 bridgehead atoms. The lowest BCUT2D eigenvalue weighted by Gasteiger charge is -2.30. The second-order valence-corrected chi connectivity index (χ2v) is 7.84. The summed E-state index contributed by atoms with van der Waals surface area (Å²) >= 11 is 4.64. The molecule has 0 spiro atoms. The minimum absolute atomic E-state index is 1.11. The summed E-state index contributed by atoms with van der Waals surface area (Å²) in [6.45, 7) is 4.74. The van der Waals surface area contributed by atoms with Crippen molar-refractivity contribution in [1.82, 2.24) is 0 Å². The quantitative estimate of drug-likeness (QED) is 0.182. The number of hydrogen-bond donors (Lipinski definition) is 0. The van der Waals surface area contributed by atoms with Crippen LogP contribution in [0.4, 0.5) is 0 Å². The first kappa shape index (κ1) is 24.5. The van der Waals surface area contributed by atoms with Crippen LogP contribution in [0.3, 0.4) is 0 Å². The van der Waals surface area contributed by atoms with Crippen LogP contribution in [-0.2, 0) is 6.54 Å². The molecule has 2 heteroatoms. The molecule has 0 aliphatic heterocycles. The molecule has 146 valence electrons. The summed E-state index contributed by atoms with van der Waals surface area (Å²) in [6, 6.07) is 10.9. The number of unbranched alkanes of at least 4 members (excludes halogenated alkanes) is 10. The Morgan fingerprint density at radius 2 is 1.12 bits per heavy atom. The second kappa shape index (κ2) is 16.9. The van der Waals surface area contributed by atoms with E-state index in [4.69, 9.17) is 0 Å². The summed E-state index contributed by atoms with van der Waals surface area (Å²) in [4.78, 5) is 0. The minimum Gasteiger partial charge on any atom is -0.325 e. The summed E-state index contributed by atoms with van der Waals surface area (Å²) in [5, 5.41) is 0. The van der Waals surface area contributed by atoms with E-state index in [1.165, 1.54) is 89.1 Å². The van der Waals surface area contributed by atoms with E-state index in [9.17, 15) is 0 Å². The van der Waals surface area contributed by atoms with Crippen molar-refractivity contribution >= 4 is 11.6 Å². The van der Waals surface area contributed by atoms with Crippen molar-refractivity contribution < 1.29 is 4.48 Å². The van der Waals surface area contributed by atoms with Gasteiger partial charge in [-0.1, -0.05) is 95.0 Å². The number of hydrogen-bond acceptors (Lipinski definition) is 0. The molecule has 0 radical (unpaired) electrons. The molecule has 0 saturated carbocycles. The van der Waals surface area contributed by atoms with Crippen LogP contribution in [0.2, 0.25) is 0 Å². The van der Waals surface area contributed by atoms with Crippen LogP contribution in [0.5, 0.6) is 0 Å². The van der Waals surface area contributed by atoms with Crippen LogP contribution in [0.15, 0.2) is 30.3 Å². The minimum atomic E-state index is 1.11. The molecule has 0 amide bonds. The molecular weight excluding hydrogens is 326 g/mol. The van der Waals surface area contributed by atoms with Crippen molar-refractivity contribution in [2.45, 2.75) is 84.1 Å². The topological polar surface area (TPSA) is 0 Å². The summed E-state index contributed by atoms with van der Waals surface area (Å²) in [6.07, 6.45) is 17.2. The second-order valence-electron chi connectivity index (χ2n) is 7.84. The van der Waals surface area contributed by atoms with Gasteiger partial charge in [0.1, 0.15) is 6.54 Å². The van der Waals surface area contributed by atoms with Crippen LogP contribution in [-0.4, -0.2) is 31.5 Å². The normalized spacial score (nSPS) is 11.1. The van der Waals surface area contributed by atoms with Gasteiger partial charge in [-0.2, -0.15) is 0 Å². The van der Waals surface area contributed by atoms with Gasteiger partial charge >= 0.3 is 0 Å². The molecule has 0 unspecified atom stereocenters. The maximum atomic E-state index is 4.64. The van der Waals surface area contributed by atoms with Gasteiger partial charge in [0.05, 0.1) is 20.6 Å². The number of nitrogens with zero attached hydrogens (tertiary/aromatic N) is 1. The summed E-state index contributed by atoms with van der Waals surface area (Å²) < 4.78 is 1.11. The largest absolute Gasteiger partial charge is 0.325 e. The van der Waals surface area contributed by atoms with E-state index in [0.717, 1.165) is 11.0 Å². The molecule has 0 fully saturated rings. The highest BCUT2D eigenvalue weighted by Gasteiger charge is 2.14. The van der Waals surface area contributed by atoms with E-state index in [1.807, 2.05) is 0 Å². The van der Waals surface area contributed by atoms with Crippen LogP contribution in [0.1, 0.15) is 83.1 Å². The van der Waals surface area contributed by atoms with E-state index < -0.39 is 0 Å². The Bertz CT molecular complexity index is 375. The molecule has 0 heterocycles. The fraction of sp³-hybridized carbons (Fsp3) is 0.739. The zero-order chi connectivity index (χ0) is 18.8. The number of rotatable bonds is 14. The van der Waals surface area contributed by atoms with Gasteiger partial charge in [0, 0.05) is 11.9 Å². The number of halogens is 1. The lowest BCUT2D eigenvalue weighted by atomic mass is 10.1. The van der Waals surface area contributed by atoms with Gasteiger partial charge < -0.3 is 4.48 Å². The van der Waals surface area contributed by atoms with Crippen molar-refractivity contribution in [1.29, 1.82) is 0 Å². The van der Waals surface area contributed by atoms with Crippen molar-refractivity contribution in [3.05, 3.63) is 35.9 Å². The van der Waals surface area contributed by atoms with Crippen LogP contribution in [0, 0.1) is 0 Å². The maximum Gasteiger partial charge on any atom is 0.104 e. The molecule has 0 N–H and O–H groups in total. The van der Waals surface area contributed by atoms with Crippen molar-refractivity contribution in [3.63, 3.8) is 0 Å². The lowest BCUT2D eigenvalue weighted by molar-refractivity contribution is -0.903. The third-order valence-electron chi connectivity index (χ3n) is 4.82. The van der Waals surface area contributed by atoms with Gasteiger partial charge in [-0.15, -0.1) is 11.6 Å². The van der Waals surface area contributed by atoms with Gasteiger partial charge in [-0.3, -0.25) is 0 Å². The molecule has 1 rings (SSSR count). The molecule has 0 aliphatic rings. The molecule has 0 saturated heterocycles. The fourth-order valence-corrected chi connectivity index (χ4v) is 3.36. The van der Waals surface area contributed by atoms with Crippen molar-refractivity contribution in [2.24, 2.45) is 0 Å². The van der Waals surface area contributed by atoms with Crippen LogP contribution < -0.4 is 0 Å². The predicted octanol–water partition coefficient (Wildman–Crippen LogP) is 7.43. The Labute approximate surface area is 163 Å². The first-order valence-corrected chi connectivity index (χ1v) is 11.1. The average molecular weight is 369 g/mol. The van der Waals surface area contributed by atoms with Gasteiger partial charge in [0.15, 0.2) is 0 Å². The molecular formula is C23H43ClN+. The van der Waals surface area contributed by atoms with Gasteiger partial charge in [0.2, 0.25) is 0 Å². The smallest absolute Gasteiger partial charge is 0.104 e. The monoisotopic (exact) mass is 368 g/mol. The molecule has 25 heavy (non-hydrogen) atoms. The van der Waals surface area contributed by atoms with E-state index in [0.29, 0.717) is 0 Å². The highest BCUT2D eigenvalue weighted by molar-refractivity contribution is 6.15. The zero-order valence-corrected chi connectivity index (χ0v) is 18.2. The Morgan fingerprint density at radius 3 is 1.60 bits per heavy atom. The van der Waals surface area contributed by atoms with Crippen LogP contribution >= 0.6 is 11.6 Å². The number of alkyl halides is 1. The predicted molar refractivity (Wildman–Crippen MR) is 115 cm³/mol. The fourth-order valence-electron chi connectivity index (χ4n) is 3.36. The summed E-state index contributed by atoms with van der Waals surface area (Å²) in [5.74, 6) is 0. The molecule has 1 aromatic rings. The molecule has 0 aromatic heterocycles. The third-order valence-corrected chi connectivity index (χ3v) is 4.82. The van der Waals surface area contributed by atoms with Crippen LogP contribution in [0.25, 0.3) is 0 Å². The van der Waals surface area contributed by atoms with Crippen molar-refractivity contribution in [2.75, 3.05) is 27.0 Å². The molecule has 1 aromatic carbocycles. The van der Waals surface area contributed by atoms with E-state index in [-0.39, 0.29) is 0 Å². The zero-order valence-electron chi connectivity index (χ0n) is 17.4. The highest BCUT2D eigenvalue weighted by atomic mass is 35.5.